The van der Waals surface area contributed by atoms with Crippen LogP contribution in [-0.2, 0) is 0 Å². The van der Waals surface area contributed by atoms with Gasteiger partial charge in [0.1, 0.15) is 6.10 Å². The molecule has 1 aromatic rings. The highest BCUT2D eigenvalue weighted by molar-refractivity contribution is 9.09. The average molecular weight is 269 g/mol. The predicted molar refractivity (Wildman–Crippen MR) is 63.8 cm³/mol. The molecule has 0 aliphatic heterocycles. The summed E-state index contributed by atoms with van der Waals surface area (Å²) in [4.78, 5) is 0. The second-order valence-corrected chi connectivity index (χ2v) is 4.05. The summed E-state index contributed by atoms with van der Waals surface area (Å²) in [6.07, 6.45) is 4.13. The van der Waals surface area contributed by atoms with Crippen molar-refractivity contribution >= 4 is 15.9 Å². The number of aliphatic hydroxyl groups excluding tert-OH is 2. The molecule has 1 rings (SSSR count). The molecule has 0 saturated carbocycles. The van der Waals surface area contributed by atoms with E-state index in [1.54, 1.807) is 24.3 Å². The Hall–Kier alpha value is -0.820. The number of rotatable bonds is 4. The van der Waals surface area contributed by atoms with E-state index in [4.69, 9.17) is 6.42 Å². The van der Waals surface area contributed by atoms with Crippen LogP contribution in [-0.4, -0.2) is 21.6 Å². The maximum absolute atomic E-state index is 9.76. The van der Waals surface area contributed by atoms with Gasteiger partial charge in [-0.2, -0.15) is 0 Å². The van der Waals surface area contributed by atoms with E-state index in [2.05, 4.69) is 21.9 Å². The molecule has 0 aliphatic carbocycles. The van der Waals surface area contributed by atoms with Crippen LogP contribution in [0.4, 0.5) is 0 Å². The number of halogens is 1. The second kappa shape index (κ2) is 5.92. The third-order valence-corrected chi connectivity index (χ3v) is 2.65. The molecule has 2 N–H and O–H groups in total. The molecule has 2 nitrogen and oxygen atoms in total. The third kappa shape index (κ3) is 3.35. The van der Waals surface area contributed by atoms with Crippen molar-refractivity contribution in [2.45, 2.75) is 18.6 Å². The first kappa shape index (κ1) is 12.3. The number of terminal acetylenes is 1. The van der Waals surface area contributed by atoms with Crippen molar-refractivity contribution in [1.82, 2.24) is 0 Å². The number of alkyl halides is 1. The van der Waals surface area contributed by atoms with Gasteiger partial charge in [0.25, 0.3) is 0 Å². The minimum Gasteiger partial charge on any atom is -0.390 e. The highest BCUT2D eigenvalue weighted by Gasteiger charge is 2.17. The lowest BCUT2D eigenvalue weighted by Crippen LogP contribution is -2.18. The Morgan fingerprint density at radius 1 is 1.27 bits per heavy atom. The summed E-state index contributed by atoms with van der Waals surface area (Å²) in [5.74, 6) is 2.50. The normalized spacial score (nSPS) is 14.3. The molecule has 0 aliphatic rings. The van der Waals surface area contributed by atoms with Crippen molar-refractivity contribution in [3.8, 4) is 12.3 Å². The van der Waals surface area contributed by atoms with E-state index in [0.29, 0.717) is 17.3 Å². The van der Waals surface area contributed by atoms with Gasteiger partial charge >= 0.3 is 0 Å². The minimum absolute atomic E-state index is 0.512. The van der Waals surface area contributed by atoms with Gasteiger partial charge in [-0.25, -0.2) is 0 Å². The van der Waals surface area contributed by atoms with Crippen LogP contribution in [0.3, 0.4) is 0 Å². The summed E-state index contributed by atoms with van der Waals surface area (Å²) >= 11 is 3.22. The fraction of sp³-hybridized carbons (Fsp3) is 0.333. The van der Waals surface area contributed by atoms with E-state index in [-0.39, 0.29) is 0 Å². The maximum atomic E-state index is 9.76. The molecule has 1 aromatic carbocycles. The van der Waals surface area contributed by atoms with Crippen molar-refractivity contribution in [2.24, 2.45) is 0 Å². The first-order valence-electron chi connectivity index (χ1n) is 4.67. The van der Waals surface area contributed by atoms with E-state index in [1.165, 1.54) is 0 Å². The lowest BCUT2D eigenvalue weighted by Gasteiger charge is -2.17. The van der Waals surface area contributed by atoms with Gasteiger partial charge in [-0.1, -0.05) is 34.0 Å². The Bertz CT molecular complexity index is 340. The number of hydrogen-bond donors (Lipinski definition) is 2. The van der Waals surface area contributed by atoms with E-state index in [0.717, 1.165) is 5.56 Å². The molecule has 0 bridgehead atoms. The molecule has 2 atom stereocenters. The van der Waals surface area contributed by atoms with Crippen molar-refractivity contribution < 1.29 is 10.2 Å². The van der Waals surface area contributed by atoms with Crippen LogP contribution in [0.25, 0.3) is 0 Å². The minimum atomic E-state index is -0.852. The largest absolute Gasteiger partial charge is 0.390 e. The molecule has 0 radical (unpaired) electrons. The molecule has 15 heavy (non-hydrogen) atoms. The van der Waals surface area contributed by atoms with Crippen LogP contribution >= 0.6 is 15.9 Å². The third-order valence-electron chi connectivity index (χ3n) is 2.19. The van der Waals surface area contributed by atoms with E-state index >= 15 is 0 Å². The van der Waals surface area contributed by atoms with Gasteiger partial charge in [0.05, 0.1) is 6.10 Å². The summed E-state index contributed by atoms with van der Waals surface area (Å²) < 4.78 is 0. The molecule has 0 amide bonds. The van der Waals surface area contributed by atoms with Gasteiger partial charge in [-0.3, -0.25) is 0 Å². The van der Waals surface area contributed by atoms with E-state index in [1.807, 2.05) is 0 Å². The average Bonchev–Trinajstić information content (AvgIpc) is 2.28. The summed E-state index contributed by atoms with van der Waals surface area (Å²) in [5.41, 5.74) is 1.45. The second-order valence-electron chi connectivity index (χ2n) is 3.26. The first-order chi connectivity index (χ1) is 7.19. The topological polar surface area (TPSA) is 40.5 Å². The van der Waals surface area contributed by atoms with Crippen molar-refractivity contribution in [3.63, 3.8) is 0 Å². The lowest BCUT2D eigenvalue weighted by molar-refractivity contribution is 0.0173. The van der Waals surface area contributed by atoms with Crippen LogP contribution in [0.15, 0.2) is 24.3 Å². The molecule has 3 heteroatoms. The summed E-state index contributed by atoms with van der Waals surface area (Å²) in [6.45, 7) is 0. The van der Waals surface area contributed by atoms with Gasteiger partial charge in [-0.15, -0.1) is 6.42 Å². The fourth-order valence-electron chi connectivity index (χ4n) is 1.27. The van der Waals surface area contributed by atoms with Crippen LogP contribution in [0.2, 0.25) is 0 Å². The molecule has 0 spiro atoms. The Labute approximate surface area is 98.1 Å². The molecule has 0 saturated heterocycles. The van der Waals surface area contributed by atoms with Crippen LogP contribution in [0.5, 0.6) is 0 Å². The van der Waals surface area contributed by atoms with Gasteiger partial charge < -0.3 is 10.2 Å². The Balaban J connectivity index is 2.74. The Morgan fingerprint density at radius 2 is 1.87 bits per heavy atom. The zero-order valence-corrected chi connectivity index (χ0v) is 9.81. The monoisotopic (exact) mass is 268 g/mol. The Kier molecular flexibility index (Phi) is 4.83. The molecule has 0 heterocycles. The van der Waals surface area contributed by atoms with E-state index < -0.39 is 12.2 Å². The number of benzene rings is 1. The van der Waals surface area contributed by atoms with Crippen LogP contribution in [0.1, 0.15) is 23.7 Å². The highest BCUT2D eigenvalue weighted by atomic mass is 79.9. The van der Waals surface area contributed by atoms with Gasteiger partial charge in [0, 0.05) is 10.9 Å². The van der Waals surface area contributed by atoms with Gasteiger partial charge in [0.15, 0.2) is 0 Å². The zero-order chi connectivity index (χ0) is 11.3. The number of aliphatic hydroxyl groups is 2. The molecule has 80 valence electrons. The fourth-order valence-corrected chi connectivity index (χ4v) is 1.74. The maximum Gasteiger partial charge on any atom is 0.105 e. The Morgan fingerprint density at radius 3 is 2.33 bits per heavy atom. The SMILES string of the molecule is C#Cc1ccc(C(O)C(O)CCBr)cc1. The summed E-state index contributed by atoms with van der Waals surface area (Å²) in [5, 5.41) is 20.0. The lowest BCUT2D eigenvalue weighted by atomic mass is 10.0. The van der Waals surface area contributed by atoms with Crippen molar-refractivity contribution in [1.29, 1.82) is 0 Å². The van der Waals surface area contributed by atoms with Crippen molar-refractivity contribution in [2.75, 3.05) is 5.33 Å². The molecular formula is C12H13BrO2. The molecule has 0 fully saturated rings. The predicted octanol–water partition coefficient (Wildman–Crippen LogP) is 1.85. The standard InChI is InChI=1S/C12H13BrO2/c1-2-9-3-5-10(6-4-9)12(15)11(14)7-8-13/h1,3-6,11-12,14-15H,7-8H2. The van der Waals surface area contributed by atoms with Gasteiger partial charge in [0.2, 0.25) is 0 Å². The zero-order valence-electron chi connectivity index (χ0n) is 8.23. The summed E-state index contributed by atoms with van der Waals surface area (Å²) in [6, 6.07) is 6.97. The molecule has 0 aromatic heterocycles. The summed E-state index contributed by atoms with van der Waals surface area (Å²) in [7, 11) is 0. The van der Waals surface area contributed by atoms with E-state index in [9.17, 15) is 10.2 Å². The van der Waals surface area contributed by atoms with Crippen molar-refractivity contribution in [3.05, 3.63) is 35.4 Å². The first-order valence-corrected chi connectivity index (χ1v) is 5.80. The quantitative estimate of drug-likeness (QED) is 0.647. The highest BCUT2D eigenvalue weighted by Crippen LogP contribution is 2.19. The number of hydrogen-bond acceptors (Lipinski definition) is 2. The van der Waals surface area contributed by atoms with Crippen LogP contribution in [0, 0.1) is 12.3 Å². The van der Waals surface area contributed by atoms with Gasteiger partial charge in [-0.05, 0) is 24.1 Å². The van der Waals surface area contributed by atoms with Crippen LogP contribution < -0.4 is 0 Å². The molecular weight excluding hydrogens is 256 g/mol. The smallest absolute Gasteiger partial charge is 0.105 e. The molecule has 2 unspecified atom stereocenters.